The Kier molecular flexibility index (Phi) is 9.15. The third-order valence-electron chi connectivity index (χ3n) is 5.44. The number of benzene rings is 1. The smallest absolute Gasteiger partial charge is 0.245 e. The number of hydrogen-bond donors (Lipinski definition) is 6. The molecule has 3 amide bonds. The number of carbonyl (C=O) groups is 3. The summed E-state index contributed by atoms with van der Waals surface area (Å²) in [7, 11) is 0. The predicted octanol–water partition coefficient (Wildman–Crippen LogP) is -0.0203. The second-order valence-corrected chi connectivity index (χ2v) is 8.59. The average Bonchev–Trinajstić information content (AvgIpc) is 2.80. The zero-order valence-corrected chi connectivity index (χ0v) is 20.0. The van der Waals surface area contributed by atoms with Crippen molar-refractivity contribution in [3.05, 3.63) is 41.2 Å². The standard InChI is InChI=1S/C22H29ClN8O4/c1-12(32)16-19(35)27-15(11-13-7-3-2-4-8-13)18(34)26-14(17(24)33)9-5-6-10-25-21-29-20(23)30-22(28-16)31-21/h2-4,7-8,12,14-16,32H,5-6,9-11H2,1H3,(H2,24,33)(H,26,34)(H,27,35)(H2,25,28,29,30,31)/t12-,14-,15+,16+/m1/s1. The zero-order valence-electron chi connectivity index (χ0n) is 19.2. The van der Waals surface area contributed by atoms with Crippen molar-refractivity contribution in [1.82, 2.24) is 25.6 Å². The molecule has 0 fully saturated rings. The predicted molar refractivity (Wildman–Crippen MR) is 129 cm³/mol. The molecule has 0 radical (unpaired) electrons. The number of aromatic nitrogens is 3. The highest BCUT2D eigenvalue weighted by atomic mass is 35.5. The van der Waals surface area contributed by atoms with E-state index in [-0.39, 0.29) is 23.6 Å². The van der Waals surface area contributed by atoms with Crippen LogP contribution >= 0.6 is 11.6 Å². The van der Waals surface area contributed by atoms with Gasteiger partial charge in [0, 0.05) is 13.0 Å². The summed E-state index contributed by atoms with van der Waals surface area (Å²) < 4.78 is 0. The zero-order chi connectivity index (χ0) is 25.4. The molecule has 1 aliphatic rings. The van der Waals surface area contributed by atoms with Gasteiger partial charge in [-0.25, -0.2) is 0 Å². The lowest BCUT2D eigenvalue weighted by atomic mass is 10.0. The Hall–Kier alpha value is -3.51. The molecule has 1 aromatic heterocycles. The van der Waals surface area contributed by atoms with Crippen LogP contribution in [0.5, 0.6) is 0 Å². The van der Waals surface area contributed by atoms with E-state index in [2.05, 4.69) is 36.2 Å². The second-order valence-electron chi connectivity index (χ2n) is 8.25. The Balaban J connectivity index is 1.93. The van der Waals surface area contributed by atoms with Crippen LogP contribution in [0, 0.1) is 0 Å². The maximum atomic E-state index is 13.2. The maximum Gasteiger partial charge on any atom is 0.245 e. The summed E-state index contributed by atoms with van der Waals surface area (Å²) in [5.41, 5.74) is 6.31. The van der Waals surface area contributed by atoms with E-state index in [1.54, 1.807) is 0 Å². The number of fused-ring (bicyclic) bond motifs is 2. The number of primary amides is 1. The highest BCUT2D eigenvalue weighted by Crippen LogP contribution is 2.14. The molecule has 4 atom stereocenters. The molecule has 0 unspecified atom stereocenters. The number of aliphatic hydroxyl groups is 1. The monoisotopic (exact) mass is 504 g/mol. The molecule has 2 heterocycles. The van der Waals surface area contributed by atoms with Crippen molar-refractivity contribution in [2.45, 2.75) is 56.8 Å². The molecule has 0 spiro atoms. The molecule has 1 aliphatic heterocycles. The number of nitrogens with one attached hydrogen (secondary N) is 4. The van der Waals surface area contributed by atoms with Crippen molar-refractivity contribution in [3.63, 3.8) is 0 Å². The summed E-state index contributed by atoms with van der Waals surface area (Å²) >= 11 is 6.00. The van der Waals surface area contributed by atoms with E-state index in [9.17, 15) is 19.5 Å². The van der Waals surface area contributed by atoms with Crippen molar-refractivity contribution in [2.24, 2.45) is 5.73 Å². The summed E-state index contributed by atoms with van der Waals surface area (Å²) in [4.78, 5) is 50.5. The third kappa shape index (κ3) is 7.76. The largest absolute Gasteiger partial charge is 0.391 e. The van der Waals surface area contributed by atoms with Gasteiger partial charge in [0.15, 0.2) is 0 Å². The molecule has 3 rings (SSSR count). The molecule has 35 heavy (non-hydrogen) atoms. The molecule has 0 aliphatic carbocycles. The van der Waals surface area contributed by atoms with Crippen molar-refractivity contribution in [2.75, 3.05) is 17.2 Å². The molecule has 188 valence electrons. The van der Waals surface area contributed by atoms with Gasteiger partial charge in [0.25, 0.3) is 0 Å². The fraction of sp³-hybridized carbons (Fsp3) is 0.455. The van der Waals surface area contributed by atoms with E-state index in [0.717, 1.165) is 5.56 Å². The van der Waals surface area contributed by atoms with Gasteiger partial charge >= 0.3 is 0 Å². The van der Waals surface area contributed by atoms with Crippen LogP contribution in [0.1, 0.15) is 31.7 Å². The maximum absolute atomic E-state index is 13.2. The van der Waals surface area contributed by atoms with Crippen LogP contribution in [0.3, 0.4) is 0 Å². The van der Waals surface area contributed by atoms with Gasteiger partial charge in [0.2, 0.25) is 34.9 Å². The van der Waals surface area contributed by atoms with Gasteiger partial charge in [0.05, 0.1) is 6.10 Å². The number of nitrogens with zero attached hydrogens (tertiary/aromatic N) is 3. The third-order valence-corrected chi connectivity index (χ3v) is 5.60. The van der Waals surface area contributed by atoms with Crippen LogP contribution in [0.4, 0.5) is 11.9 Å². The normalized spacial score (nSPS) is 22.7. The summed E-state index contributed by atoms with van der Waals surface area (Å²) in [5.74, 6) is -1.74. The van der Waals surface area contributed by atoms with Gasteiger partial charge in [-0.3, -0.25) is 14.4 Å². The first-order chi connectivity index (χ1) is 16.7. The lowest BCUT2D eigenvalue weighted by molar-refractivity contribution is -0.132. The minimum absolute atomic E-state index is 0.0153. The van der Waals surface area contributed by atoms with Crippen molar-refractivity contribution in [1.29, 1.82) is 0 Å². The van der Waals surface area contributed by atoms with E-state index in [1.165, 1.54) is 6.92 Å². The van der Waals surface area contributed by atoms with E-state index in [1.807, 2.05) is 30.3 Å². The summed E-state index contributed by atoms with van der Waals surface area (Å²) in [6.07, 6.45) is 0.494. The number of halogens is 1. The van der Waals surface area contributed by atoms with Gasteiger partial charge in [-0.15, -0.1) is 0 Å². The molecule has 13 heteroatoms. The molecule has 0 saturated carbocycles. The van der Waals surface area contributed by atoms with Crippen molar-refractivity contribution in [3.8, 4) is 0 Å². The molecule has 2 aromatic rings. The van der Waals surface area contributed by atoms with Gasteiger partial charge in [-0.1, -0.05) is 30.3 Å². The first-order valence-corrected chi connectivity index (χ1v) is 11.6. The molecule has 2 bridgehead atoms. The Morgan fingerprint density at radius 3 is 2.49 bits per heavy atom. The lowest BCUT2D eigenvalue weighted by Crippen LogP contribution is -2.57. The van der Waals surface area contributed by atoms with Crippen molar-refractivity contribution >= 4 is 41.2 Å². The molecule has 12 nitrogen and oxygen atoms in total. The highest BCUT2D eigenvalue weighted by Gasteiger charge is 2.31. The van der Waals surface area contributed by atoms with Gasteiger partial charge < -0.3 is 32.1 Å². The second kappa shape index (κ2) is 12.3. The van der Waals surface area contributed by atoms with Crippen LogP contribution in [0.15, 0.2) is 30.3 Å². The Morgan fingerprint density at radius 2 is 1.80 bits per heavy atom. The Bertz CT molecular complexity index is 1040. The first-order valence-electron chi connectivity index (χ1n) is 11.3. The average molecular weight is 505 g/mol. The van der Waals surface area contributed by atoms with Crippen LogP contribution in [-0.4, -0.2) is 68.6 Å². The van der Waals surface area contributed by atoms with E-state index in [0.29, 0.717) is 25.8 Å². The highest BCUT2D eigenvalue weighted by molar-refractivity contribution is 6.28. The van der Waals surface area contributed by atoms with E-state index < -0.39 is 42.0 Å². The molecule has 7 N–H and O–H groups in total. The fourth-order valence-electron chi connectivity index (χ4n) is 3.59. The number of amides is 3. The molecule has 0 saturated heterocycles. The first kappa shape index (κ1) is 26.1. The van der Waals surface area contributed by atoms with Gasteiger partial charge in [0.1, 0.15) is 18.1 Å². The minimum atomic E-state index is -1.22. The van der Waals surface area contributed by atoms with Crippen LogP contribution in [0.25, 0.3) is 0 Å². The fourth-order valence-corrected chi connectivity index (χ4v) is 3.75. The summed E-state index contributed by atoms with van der Waals surface area (Å²) in [6, 6.07) is 5.93. The summed E-state index contributed by atoms with van der Waals surface area (Å²) in [6.45, 7) is 1.86. The number of nitrogens with two attached hydrogens (primary N) is 1. The van der Waals surface area contributed by atoms with Gasteiger partial charge in [-0.05, 0) is 43.4 Å². The molecular formula is C22H29ClN8O4. The SMILES string of the molecule is C[C@@H](O)[C@@H]1Nc2nc(Cl)nc(n2)NCCCC[C@H](C(N)=O)NC(=O)[C@H](Cc2ccccc2)NC1=O. The number of anilines is 2. The van der Waals surface area contributed by atoms with Crippen LogP contribution in [0.2, 0.25) is 5.28 Å². The van der Waals surface area contributed by atoms with Crippen molar-refractivity contribution < 1.29 is 19.5 Å². The van der Waals surface area contributed by atoms with Gasteiger partial charge in [-0.2, -0.15) is 15.0 Å². The molecule has 1 aromatic carbocycles. The number of hydrogen-bond acceptors (Lipinski definition) is 9. The number of rotatable bonds is 4. The van der Waals surface area contributed by atoms with Crippen LogP contribution < -0.4 is 27.0 Å². The Morgan fingerprint density at radius 1 is 1.09 bits per heavy atom. The van der Waals surface area contributed by atoms with Crippen LogP contribution in [-0.2, 0) is 20.8 Å². The summed E-state index contributed by atoms with van der Waals surface area (Å²) in [5, 5.41) is 21.3. The Labute approximate surface area is 207 Å². The number of carbonyl (C=O) groups excluding carboxylic acids is 3. The minimum Gasteiger partial charge on any atom is -0.391 e. The van der Waals surface area contributed by atoms with E-state index >= 15 is 0 Å². The topological polar surface area (TPSA) is 184 Å². The molecular weight excluding hydrogens is 476 g/mol. The number of aliphatic hydroxyl groups excluding tert-OH is 1. The van der Waals surface area contributed by atoms with E-state index in [4.69, 9.17) is 17.3 Å². The lowest BCUT2D eigenvalue weighted by Gasteiger charge is -2.26. The quantitative estimate of drug-likeness (QED) is 0.333.